The Kier molecular flexibility index (Phi) is 6.12. The summed E-state index contributed by atoms with van der Waals surface area (Å²) in [4.78, 5) is 13.8. The molecule has 2 nitrogen and oxygen atoms in total. The fourth-order valence-corrected chi connectivity index (χ4v) is 2.38. The van der Waals surface area contributed by atoms with Gasteiger partial charge in [-0.15, -0.1) is 0 Å². The van der Waals surface area contributed by atoms with E-state index >= 15 is 0 Å². The van der Waals surface area contributed by atoms with Gasteiger partial charge in [-0.2, -0.15) is 0 Å². The van der Waals surface area contributed by atoms with E-state index in [-0.39, 0.29) is 11.3 Å². The Morgan fingerprint density at radius 2 is 1.94 bits per heavy atom. The second kappa shape index (κ2) is 7.38. The molecular weight excluding hydrogens is 230 g/mol. The van der Waals surface area contributed by atoms with Crippen LogP contribution in [0.25, 0.3) is 0 Å². The summed E-state index contributed by atoms with van der Waals surface area (Å²) >= 11 is 1.39. The van der Waals surface area contributed by atoms with Crippen LogP contribution in [0.4, 0.5) is 4.79 Å². The van der Waals surface area contributed by atoms with E-state index in [4.69, 9.17) is 0 Å². The standard InChI is InChI=1S/C14H21NOS/c1-4-17-14(16)15(12(2)3)11-10-13-8-6-5-7-9-13/h5-9,12H,4,10-11H2,1-3H3. The van der Waals surface area contributed by atoms with Gasteiger partial charge in [0.15, 0.2) is 0 Å². The van der Waals surface area contributed by atoms with Crippen molar-refractivity contribution < 1.29 is 4.79 Å². The minimum absolute atomic E-state index is 0.193. The highest BCUT2D eigenvalue weighted by atomic mass is 32.2. The predicted octanol–water partition coefficient (Wildman–Crippen LogP) is 3.81. The van der Waals surface area contributed by atoms with E-state index in [9.17, 15) is 4.79 Å². The largest absolute Gasteiger partial charge is 0.331 e. The summed E-state index contributed by atoms with van der Waals surface area (Å²) < 4.78 is 0. The number of nitrogens with zero attached hydrogens (tertiary/aromatic N) is 1. The summed E-state index contributed by atoms with van der Waals surface area (Å²) in [6, 6.07) is 10.6. The molecule has 0 radical (unpaired) electrons. The first-order valence-corrected chi connectivity index (χ1v) is 7.11. The highest BCUT2D eigenvalue weighted by Crippen LogP contribution is 2.13. The minimum atomic E-state index is 0.193. The molecule has 0 unspecified atom stereocenters. The van der Waals surface area contributed by atoms with Crippen LogP contribution in [-0.2, 0) is 6.42 Å². The van der Waals surface area contributed by atoms with Gasteiger partial charge in [-0.25, -0.2) is 0 Å². The zero-order valence-corrected chi connectivity index (χ0v) is 11.7. The molecule has 1 aromatic carbocycles. The van der Waals surface area contributed by atoms with E-state index in [0.29, 0.717) is 0 Å². The van der Waals surface area contributed by atoms with E-state index in [1.165, 1.54) is 17.3 Å². The minimum Gasteiger partial charge on any atom is -0.331 e. The van der Waals surface area contributed by atoms with Gasteiger partial charge < -0.3 is 4.90 Å². The van der Waals surface area contributed by atoms with E-state index < -0.39 is 0 Å². The van der Waals surface area contributed by atoms with E-state index in [1.807, 2.05) is 30.0 Å². The van der Waals surface area contributed by atoms with Crippen molar-refractivity contribution in [1.82, 2.24) is 4.90 Å². The summed E-state index contributed by atoms with van der Waals surface area (Å²) in [5, 5.41) is 0.193. The quantitative estimate of drug-likeness (QED) is 0.793. The zero-order chi connectivity index (χ0) is 12.7. The Bertz CT molecular complexity index is 337. The number of thioether (sulfide) groups is 1. The molecule has 0 N–H and O–H groups in total. The monoisotopic (exact) mass is 251 g/mol. The van der Waals surface area contributed by atoms with Crippen molar-refractivity contribution in [2.75, 3.05) is 12.3 Å². The lowest BCUT2D eigenvalue weighted by molar-refractivity contribution is 0.209. The topological polar surface area (TPSA) is 20.3 Å². The average molecular weight is 251 g/mol. The number of hydrogen-bond acceptors (Lipinski definition) is 2. The van der Waals surface area contributed by atoms with Crippen LogP contribution in [0.1, 0.15) is 26.3 Å². The third-order valence-electron chi connectivity index (χ3n) is 2.61. The fourth-order valence-electron chi connectivity index (χ4n) is 1.66. The molecule has 0 spiro atoms. The van der Waals surface area contributed by atoms with Crippen LogP contribution in [0.2, 0.25) is 0 Å². The van der Waals surface area contributed by atoms with Gasteiger partial charge in [0, 0.05) is 12.6 Å². The third kappa shape index (κ3) is 4.82. The molecule has 0 heterocycles. The SMILES string of the molecule is CCSC(=O)N(CCc1ccccc1)C(C)C. The first-order chi connectivity index (χ1) is 8.15. The first kappa shape index (κ1) is 14.1. The molecule has 0 atom stereocenters. The zero-order valence-electron chi connectivity index (χ0n) is 10.8. The van der Waals surface area contributed by atoms with E-state index in [0.717, 1.165) is 18.7 Å². The number of amides is 1. The molecule has 3 heteroatoms. The lowest BCUT2D eigenvalue weighted by Gasteiger charge is -2.26. The van der Waals surface area contributed by atoms with Crippen LogP contribution < -0.4 is 0 Å². The lowest BCUT2D eigenvalue weighted by atomic mass is 10.1. The van der Waals surface area contributed by atoms with Crippen molar-refractivity contribution in [1.29, 1.82) is 0 Å². The molecule has 0 aliphatic carbocycles. The van der Waals surface area contributed by atoms with Gasteiger partial charge in [-0.3, -0.25) is 4.79 Å². The summed E-state index contributed by atoms with van der Waals surface area (Å²) in [5.41, 5.74) is 1.28. The highest BCUT2D eigenvalue weighted by molar-refractivity contribution is 8.13. The van der Waals surface area contributed by atoms with E-state index in [2.05, 4.69) is 26.0 Å². The summed E-state index contributed by atoms with van der Waals surface area (Å²) in [6.07, 6.45) is 0.926. The summed E-state index contributed by atoms with van der Waals surface area (Å²) in [5.74, 6) is 0.841. The van der Waals surface area contributed by atoms with E-state index in [1.54, 1.807) is 0 Å². The van der Waals surface area contributed by atoms with Crippen molar-refractivity contribution in [2.24, 2.45) is 0 Å². The number of hydrogen-bond donors (Lipinski definition) is 0. The van der Waals surface area contributed by atoms with Crippen LogP contribution in [0.5, 0.6) is 0 Å². The van der Waals surface area contributed by atoms with Crippen LogP contribution in [0.3, 0.4) is 0 Å². The van der Waals surface area contributed by atoms with Gasteiger partial charge >= 0.3 is 0 Å². The smallest absolute Gasteiger partial charge is 0.281 e. The van der Waals surface area contributed by atoms with Gasteiger partial charge in [0.2, 0.25) is 0 Å². The second-order valence-corrected chi connectivity index (χ2v) is 5.44. The Hall–Kier alpha value is -0.960. The molecule has 0 aliphatic heterocycles. The summed E-state index contributed by atoms with van der Waals surface area (Å²) in [6.45, 7) is 6.95. The number of benzene rings is 1. The van der Waals surface area contributed by atoms with Crippen LogP contribution in [-0.4, -0.2) is 28.5 Å². The van der Waals surface area contributed by atoms with Gasteiger partial charge in [-0.05, 0) is 31.6 Å². The molecule has 0 aliphatic rings. The van der Waals surface area contributed by atoms with Crippen molar-refractivity contribution in [3.05, 3.63) is 35.9 Å². The van der Waals surface area contributed by atoms with Crippen LogP contribution in [0.15, 0.2) is 30.3 Å². The van der Waals surface area contributed by atoms with Gasteiger partial charge in [0.05, 0.1) is 0 Å². The van der Waals surface area contributed by atoms with Gasteiger partial charge in [-0.1, -0.05) is 49.0 Å². The van der Waals surface area contributed by atoms with Gasteiger partial charge in [0.1, 0.15) is 0 Å². The average Bonchev–Trinajstić information content (AvgIpc) is 2.30. The Morgan fingerprint density at radius 1 is 1.29 bits per heavy atom. The third-order valence-corrected chi connectivity index (χ3v) is 3.38. The van der Waals surface area contributed by atoms with Crippen molar-refractivity contribution >= 4 is 17.0 Å². The molecule has 1 amide bonds. The highest BCUT2D eigenvalue weighted by Gasteiger charge is 2.16. The molecule has 17 heavy (non-hydrogen) atoms. The van der Waals surface area contributed by atoms with Crippen molar-refractivity contribution in [2.45, 2.75) is 33.2 Å². The molecule has 0 fully saturated rings. The maximum atomic E-state index is 11.9. The van der Waals surface area contributed by atoms with Crippen LogP contribution >= 0.6 is 11.8 Å². The number of carbonyl (C=O) groups is 1. The molecule has 0 saturated heterocycles. The Balaban J connectivity index is 2.53. The molecule has 0 bridgehead atoms. The van der Waals surface area contributed by atoms with Crippen LogP contribution in [0, 0.1) is 0 Å². The van der Waals surface area contributed by atoms with Gasteiger partial charge in [0.25, 0.3) is 5.24 Å². The van der Waals surface area contributed by atoms with Crippen molar-refractivity contribution in [3.8, 4) is 0 Å². The lowest BCUT2D eigenvalue weighted by Crippen LogP contribution is -2.36. The number of carbonyl (C=O) groups excluding carboxylic acids is 1. The maximum Gasteiger partial charge on any atom is 0.281 e. The maximum absolute atomic E-state index is 11.9. The van der Waals surface area contributed by atoms with Crippen molar-refractivity contribution in [3.63, 3.8) is 0 Å². The Morgan fingerprint density at radius 3 is 2.47 bits per heavy atom. The second-order valence-electron chi connectivity index (χ2n) is 4.22. The molecular formula is C14H21NOS. The predicted molar refractivity (Wildman–Crippen MR) is 75.5 cm³/mol. The normalized spacial score (nSPS) is 10.6. The molecule has 1 aromatic rings. The molecule has 0 aromatic heterocycles. The fraction of sp³-hybridized carbons (Fsp3) is 0.500. The Labute approximate surface area is 108 Å². The summed E-state index contributed by atoms with van der Waals surface area (Å²) in [7, 11) is 0. The molecule has 0 saturated carbocycles. The molecule has 94 valence electrons. The molecule has 1 rings (SSSR count). The number of rotatable bonds is 5. The first-order valence-electron chi connectivity index (χ1n) is 6.12.